The van der Waals surface area contributed by atoms with Crippen LogP contribution >= 0.6 is 0 Å². The van der Waals surface area contributed by atoms with Gasteiger partial charge in [-0.05, 0) is 44.4 Å². The molecule has 32 heavy (non-hydrogen) atoms. The molecule has 3 aliphatic rings. The second kappa shape index (κ2) is 6.76. The molecule has 8 nitrogen and oxygen atoms in total. The van der Waals surface area contributed by atoms with Crippen molar-refractivity contribution in [3.63, 3.8) is 0 Å². The van der Waals surface area contributed by atoms with Crippen molar-refractivity contribution in [2.24, 2.45) is 18.9 Å². The molecule has 3 aromatic heterocycles. The Kier molecular flexibility index (Phi) is 4.16. The van der Waals surface area contributed by atoms with Crippen molar-refractivity contribution >= 4 is 11.6 Å². The highest BCUT2D eigenvalue weighted by Gasteiger charge is 2.59. The first kappa shape index (κ1) is 19.7. The Balaban J connectivity index is 1.18. The summed E-state index contributed by atoms with van der Waals surface area (Å²) in [5, 5.41) is 11.8. The van der Waals surface area contributed by atoms with Crippen molar-refractivity contribution in [2.75, 3.05) is 5.32 Å². The maximum Gasteiger partial charge on any atom is 0.419 e. The number of nitrogens with zero attached hydrogens (tertiary/aromatic N) is 7. The van der Waals surface area contributed by atoms with Gasteiger partial charge in [-0.25, -0.2) is 15.0 Å². The lowest BCUT2D eigenvalue weighted by Gasteiger charge is -2.17. The Morgan fingerprint density at radius 2 is 1.81 bits per heavy atom. The fraction of sp³-hybridized carbons (Fsp3) is 0.571. The first-order valence-corrected chi connectivity index (χ1v) is 10.9. The summed E-state index contributed by atoms with van der Waals surface area (Å²) in [7, 11) is 1.93. The molecule has 0 radical (unpaired) electrons. The predicted octanol–water partition coefficient (Wildman–Crippen LogP) is 4.11. The van der Waals surface area contributed by atoms with Crippen LogP contribution in [0, 0.1) is 18.8 Å². The third-order valence-electron chi connectivity index (χ3n) is 7.19. The van der Waals surface area contributed by atoms with E-state index in [2.05, 4.69) is 30.5 Å². The summed E-state index contributed by atoms with van der Waals surface area (Å²) in [5.74, 6) is 2.78. The molecule has 3 heterocycles. The van der Waals surface area contributed by atoms with Crippen LogP contribution in [-0.2, 0) is 13.2 Å². The second-order valence-corrected chi connectivity index (χ2v) is 9.20. The SMILES string of the molecule is Cc1c(Nc2ncc(C(F)(F)F)c(C3CC3)n2)cnn1[C@@H]1C[C@@H]2[C@H](C1)[C@@H]2c1ncnn1C. The molecule has 6 rings (SSSR count). The van der Waals surface area contributed by atoms with Crippen LogP contribution in [0.5, 0.6) is 0 Å². The van der Waals surface area contributed by atoms with E-state index >= 15 is 0 Å². The van der Waals surface area contributed by atoms with Gasteiger partial charge in [0.05, 0.1) is 34.9 Å². The van der Waals surface area contributed by atoms with Gasteiger partial charge in [-0.15, -0.1) is 0 Å². The molecule has 0 unspecified atom stereocenters. The van der Waals surface area contributed by atoms with Crippen molar-refractivity contribution in [1.29, 1.82) is 0 Å². The van der Waals surface area contributed by atoms with Crippen molar-refractivity contribution < 1.29 is 13.2 Å². The van der Waals surface area contributed by atoms with Crippen molar-refractivity contribution in [3.05, 3.63) is 41.5 Å². The molecule has 0 aliphatic heterocycles. The minimum Gasteiger partial charge on any atom is -0.321 e. The maximum absolute atomic E-state index is 13.3. The molecule has 0 amide bonds. The Morgan fingerprint density at radius 3 is 2.44 bits per heavy atom. The van der Waals surface area contributed by atoms with E-state index in [1.54, 1.807) is 12.5 Å². The summed E-state index contributed by atoms with van der Waals surface area (Å²) >= 11 is 0. The van der Waals surface area contributed by atoms with Crippen LogP contribution in [0.1, 0.15) is 66.3 Å². The van der Waals surface area contributed by atoms with Crippen LogP contribution in [0.25, 0.3) is 0 Å². The predicted molar refractivity (Wildman–Crippen MR) is 108 cm³/mol. The minimum absolute atomic E-state index is 0.0886. The molecular formula is C21H23F3N8. The van der Waals surface area contributed by atoms with E-state index < -0.39 is 11.7 Å². The van der Waals surface area contributed by atoms with Gasteiger partial charge in [-0.1, -0.05) is 0 Å². The zero-order valence-electron chi connectivity index (χ0n) is 17.7. The summed E-state index contributed by atoms with van der Waals surface area (Å²) in [5.41, 5.74) is 1.01. The van der Waals surface area contributed by atoms with E-state index in [0.717, 1.165) is 49.1 Å². The van der Waals surface area contributed by atoms with Crippen LogP contribution in [0.4, 0.5) is 24.8 Å². The number of fused-ring (bicyclic) bond motifs is 1. The van der Waals surface area contributed by atoms with Crippen LogP contribution in [-0.4, -0.2) is 34.5 Å². The van der Waals surface area contributed by atoms with Crippen LogP contribution in [0.3, 0.4) is 0 Å². The fourth-order valence-corrected chi connectivity index (χ4v) is 5.38. The van der Waals surface area contributed by atoms with Crippen LogP contribution in [0.2, 0.25) is 0 Å². The Bertz CT molecular complexity index is 1170. The summed E-state index contributed by atoms with van der Waals surface area (Å²) in [6, 6.07) is 0.306. The summed E-state index contributed by atoms with van der Waals surface area (Å²) in [6.45, 7) is 1.96. The van der Waals surface area contributed by atoms with E-state index in [1.165, 1.54) is 0 Å². The number of aryl methyl sites for hydroxylation is 1. The second-order valence-electron chi connectivity index (χ2n) is 9.20. The molecule has 1 N–H and O–H groups in total. The minimum atomic E-state index is -4.44. The largest absolute Gasteiger partial charge is 0.419 e. The van der Waals surface area contributed by atoms with Crippen LogP contribution < -0.4 is 5.32 Å². The van der Waals surface area contributed by atoms with Gasteiger partial charge in [-0.3, -0.25) is 9.36 Å². The van der Waals surface area contributed by atoms with Gasteiger partial charge in [0.2, 0.25) is 5.95 Å². The van der Waals surface area contributed by atoms with E-state index in [4.69, 9.17) is 0 Å². The fourth-order valence-electron chi connectivity index (χ4n) is 5.38. The average Bonchev–Trinajstić information content (AvgIpc) is 3.56. The van der Waals surface area contributed by atoms with Gasteiger partial charge in [0.15, 0.2) is 0 Å². The first-order chi connectivity index (χ1) is 15.3. The number of rotatable bonds is 5. The highest BCUT2D eigenvalue weighted by Crippen LogP contribution is 2.65. The molecule has 3 aromatic rings. The van der Waals surface area contributed by atoms with Gasteiger partial charge in [0.1, 0.15) is 12.2 Å². The highest BCUT2D eigenvalue weighted by atomic mass is 19.4. The monoisotopic (exact) mass is 444 g/mol. The van der Waals surface area contributed by atoms with Gasteiger partial charge in [0, 0.05) is 25.1 Å². The van der Waals surface area contributed by atoms with E-state index in [-0.39, 0.29) is 17.6 Å². The third-order valence-corrected chi connectivity index (χ3v) is 7.19. The molecule has 0 spiro atoms. The number of aromatic nitrogens is 7. The normalized spacial score (nSPS) is 26.9. The molecule has 0 aromatic carbocycles. The molecule has 11 heteroatoms. The third kappa shape index (κ3) is 3.17. The number of alkyl halides is 3. The molecule has 0 saturated heterocycles. The van der Waals surface area contributed by atoms with Crippen molar-refractivity contribution in [3.8, 4) is 0 Å². The summed E-state index contributed by atoms with van der Waals surface area (Å²) in [4.78, 5) is 12.6. The van der Waals surface area contributed by atoms with Crippen molar-refractivity contribution in [2.45, 2.75) is 56.7 Å². The standard InChI is InChI=1S/C21H23F3N8/c1-10-16(29-20-25-7-15(21(22,23)24)18(30-20)11-3-4-11)8-27-32(10)12-5-13-14(6-12)17(13)19-26-9-28-31(19)2/h7-9,11-14,17H,3-6H2,1-2H3,(H,25,29,30)/t12-,13-,14+,17-. The molecule has 3 saturated carbocycles. The smallest absolute Gasteiger partial charge is 0.321 e. The average molecular weight is 444 g/mol. The topological polar surface area (TPSA) is 86.3 Å². The molecule has 0 bridgehead atoms. The number of hydrogen-bond donors (Lipinski definition) is 1. The Hall–Kier alpha value is -2.98. The zero-order valence-corrected chi connectivity index (χ0v) is 17.7. The van der Waals surface area contributed by atoms with Gasteiger partial charge < -0.3 is 5.32 Å². The molecule has 3 aliphatic carbocycles. The molecule has 3 fully saturated rings. The van der Waals surface area contributed by atoms with Gasteiger partial charge >= 0.3 is 6.18 Å². The van der Waals surface area contributed by atoms with E-state index in [1.807, 2.05) is 23.3 Å². The lowest BCUT2D eigenvalue weighted by Crippen LogP contribution is -2.14. The number of anilines is 2. The Morgan fingerprint density at radius 1 is 1.06 bits per heavy atom. The summed E-state index contributed by atoms with van der Waals surface area (Å²) in [6.07, 6.45) is 3.29. The number of hydrogen-bond acceptors (Lipinski definition) is 6. The number of nitrogens with one attached hydrogen (secondary N) is 1. The first-order valence-electron chi connectivity index (χ1n) is 10.9. The molecule has 4 atom stereocenters. The van der Waals surface area contributed by atoms with Crippen molar-refractivity contribution in [1.82, 2.24) is 34.5 Å². The van der Waals surface area contributed by atoms with Gasteiger partial charge in [-0.2, -0.15) is 23.4 Å². The lowest BCUT2D eigenvalue weighted by atomic mass is 10.1. The lowest BCUT2D eigenvalue weighted by molar-refractivity contribution is -0.138. The Labute approximate surface area is 182 Å². The highest BCUT2D eigenvalue weighted by molar-refractivity contribution is 5.55. The zero-order chi connectivity index (χ0) is 22.2. The quantitative estimate of drug-likeness (QED) is 0.637. The molecule has 168 valence electrons. The molecular weight excluding hydrogens is 421 g/mol. The van der Waals surface area contributed by atoms with Crippen LogP contribution in [0.15, 0.2) is 18.7 Å². The maximum atomic E-state index is 13.3. The number of halogens is 3. The van der Waals surface area contributed by atoms with E-state index in [9.17, 15) is 13.2 Å². The van der Waals surface area contributed by atoms with E-state index in [0.29, 0.717) is 23.8 Å². The summed E-state index contributed by atoms with van der Waals surface area (Å²) < 4.78 is 43.7. The van der Waals surface area contributed by atoms with Gasteiger partial charge in [0.25, 0.3) is 0 Å².